The van der Waals surface area contributed by atoms with Gasteiger partial charge >= 0.3 is 0 Å². The minimum Gasteiger partial charge on any atom is -0.381 e. The molecular weight excluding hydrogens is 445 g/mol. The first-order chi connectivity index (χ1) is 14.8. The summed E-state index contributed by atoms with van der Waals surface area (Å²) in [5.41, 5.74) is 1.46. The zero-order valence-corrected chi connectivity index (χ0v) is 18.0. The Labute approximate surface area is 184 Å². The van der Waals surface area contributed by atoms with E-state index in [0.29, 0.717) is 30.9 Å². The molecule has 0 aliphatic carbocycles. The highest BCUT2D eigenvalue weighted by atomic mass is 35.5. The zero-order valence-electron chi connectivity index (χ0n) is 16.4. The van der Waals surface area contributed by atoms with E-state index in [4.69, 9.17) is 16.3 Å². The molecule has 4 rings (SSSR count). The summed E-state index contributed by atoms with van der Waals surface area (Å²) in [6.45, 7) is 1.37. The maximum absolute atomic E-state index is 14.4. The molecule has 1 N–H and O–H groups in total. The van der Waals surface area contributed by atoms with E-state index in [9.17, 15) is 22.9 Å². The van der Waals surface area contributed by atoms with Crippen molar-refractivity contribution < 1.29 is 22.3 Å². The molecular formula is C21H19ClFN3O4S. The molecule has 2 saturated heterocycles. The van der Waals surface area contributed by atoms with E-state index in [1.54, 1.807) is 12.1 Å². The second-order valence-corrected chi connectivity index (χ2v) is 9.89. The van der Waals surface area contributed by atoms with Crippen LogP contribution in [0.5, 0.6) is 0 Å². The van der Waals surface area contributed by atoms with Crippen LogP contribution in [0.1, 0.15) is 40.2 Å². The largest absolute Gasteiger partial charge is 0.381 e. The lowest BCUT2D eigenvalue weighted by molar-refractivity contribution is 0.102. The van der Waals surface area contributed by atoms with Crippen molar-refractivity contribution in [3.05, 3.63) is 57.9 Å². The predicted molar refractivity (Wildman–Crippen MR) is 114 cm³/mol. The molecule has 0 radical (unpaired) electrons. The van der Waals surface area contributed by atoms with Crippen LogP contribution in [0.3, 0.4) is 0 Å². The van der Waals surface area contributed by atoms with Crippen LogP contribution in [0.15, 0.2) is 30.3 Å². The number of carbonyl (C=O) groups is 1. The number of carbonyl (C=O) groups excluding carboxylic acids is 1. The summed E-state index contributed by atoms with van der Waals surface area (Å²) >= 11 is 6.02. The number of amides is 1. The van der Waals surface area contributed by atoms with Gasteiger partial charge in [-0.2, -0.15) is 5.26 Å². The van der Waals surface area contributed by atoms with Crippen molar-refractivity contribution in [1.82, 2.24) is 0 Å². The van der Waals surface area contributed by atoms with Gasteiger partial charge in [0, 0.05) is 24.8 Å². The predicted octanol–water partition coefficient (Wildman–Crippen LogP) is 3.65. The van der Waals surface area contributed by atoms with Crippen LogP contribution in [0.4, 0.5) is 15.8 Å². The van der Waals surface area contributed by atoms with Crippen LogP contribution in [-0.4, -0.2) is 39.8 Å². The number of rotatable bonds is 4. The van der Waals surface area contributed by atoms with Gasteiger partial charge < -0.3 is 10.1 Å². The molecule has 31 heavy (non-hydrogen) atoms. The van der Waals surface area contributed by atoms with Gasteiger partial charge in [0.05, 0.1) is 40.3 Å². The van der Waals surface area contributed by atoms with Crippen molar-refractivity contribution in [1.29, 1.82) is 5.26 Å². The average molecular weight is 464 g/mol. The number of hydrogen-bond donors (Lipinski definition) is 1. The molecule has 0 bridgehead atoms. The molecule has 2 heterocycles. The molecule has 162 valence electrons. The first-order valence-corrected chi connectivity index (χ1v) is 11.7. The van der Waals surface area contributed by atoms with Crippen LogP contribution < -0.4 is 9.62 Å². The molecule has 1 unspecified atom stereocenters. The van der Waals surface area contributed by atoms with Gasteiger partial charge in [0.2, 0.25) is 10.0 Å². The third-order valence-corrected chi connectivity index (χ3v) is 7.64. The third kappa shape index (κ3) is 4.37. The highest BCUT2D eigenvalue weighted by Crippen LogP contribution is 2.32. The summed E-state index contributed by atoms with van der Waals surface area (Å²) in [5, 5.41) is 11.6. The lowest BCUT2D eigenvalue weighted by Crippen LogP contribution is -2.26. The zero-order chi connectivity index (χ0) is 22.2. The van der Waals surface area contributed by atoms with Gasteiger partial charge in [-0.05, 0) is 48.7 Å². The SMILES string of the molecule is N#Cc1cc(NC(=O)c2cc(N3CCCS3(=O)=O)cc(F)c2Cl)cc(C2CCOC2)c1. The van der Waals surface area contributed by atoms with Crippen molar-refractivity contribution in [2.75, 3.05) is 35.1 Å². The second kappa shape index (κ2) is 8.46. The quantitative estimate of drug-likeness (QED) is 0.746. The summed E-state index contributed by atoms with van der Waals surface area (Å²) in [5.74, 6) is -1.51. The molecule has 0 aromatic heterocycles. The first-order valence-electron chi connectivity index (χ1n) is 9.72. The smallest absolute Gasteiger partial charge is 0.257 e. The van der Waals surface area contributed by atoms with Gasteiger partial charge in [-0.1, -0.05) is 11.6 Å². The number of ether oxygens (including phenoxy) is 1. The maximum atomic E-state index is 14.4. The van der Waals surface area contributed by atoms with Crippen LogP contribution in [0.25, 0.3) is 0 Å². The number of nitrogens with zero attached hydrogens (tertiary/aromatic N) is 2. The summed E-state index contributed by atoms with van der Waals surface area (Å²) < 4.78 is 45.3. The van der Waals surface area contributed by atoms with E-state index in [0.717, 1.165) is 22.4 Å². The Morgan fingerprint density at radius 1 is 1.29 bits per heavy atom. The van der Waals surface area contributed by atoms with Crippen molar-refractivity contribution in [3.63, 3.8) is 0 Å². The highest BCUT2D eigenvalue weighted by Gasteiger charge is 2.30. The van der Waals surface area contributed by atoms with Crippen LogP contribution in [0, 0.1) is 17.1 Å². The van der Waals surface area contributed by atoms with Crippen LogP contribution >= 0.6 is 11.6 Å². The Kier molecular flexibility index (Phi) is 5.88. The lowest BCUT2D eigenvalue weighted by Gasteiger charge is -2.19. The number of nitriles is 1. The Morgan fingerprint density at radius 3 is 2.74 bits per heavy atom. The molecule has 0 saturated carbocycles. The van der Waals surface area contributed by atoms with E-state index in [2.05, 4.69) is 11.4 Å². The monoisotopic (exact) mass is 463 g/mol. The normalized spacial score (nSPS) is 19.9. The van der Waals surface area contributed by atoms with Gasteiger partial charge in [-0.15, -0.1) is 0 Å². The number of sulfonamides is 1. The van der Waals surface area contributed by atoms with E-state index < -0.39 is 26.8 Å². The third-order valence-electron chi connectivity index (χ3n) is 5.39. The molecule has 2 aromatic rings. The minimum atomic E-state index is -3.55. The summed E-state index contributed by atoms with van der Waals surface area (Å²) in [7, 11) is -3.55. The Hall–Kier alpha value is -2.67. The molecule has 2 fully saturated rings. The van der Waals surface area contributed by atoms with Crippen molar-refractivity contribution in [2.24, 2.45) is 0 Å². The molecule has 1 atom stereocenters. The first kappa shape index (κ1) is 21.6. The van der Waals surface area contributed by atoms with Gasteiger partial charge in [-0.25, -0.2) is 12.8 Å². The topological polar surface area (TPSA) is 99.5 Å². The molecule has 7 nitrogen and oxygen atoms in total. The molecule has 1 amide bonds. The Morgan fingerprint density at radius 2 is 2.10 bits per heavy atom. The fourth-order valence-corrected chi connectivity index (χ4v) is 5.58. The van der Waals surface area contributed by atoms with E-state index >= 15 is 0 Å². The number of benzene rings is 2. The van der Waals surface area contributed by atoms with Crippen molar-refractivity contribution in [3.8, 4) is 6.07 Å². The summed E-state index contributed by atoms with van der Waals surface area (Å²) in [4.78, 5) is 12.9. The van der Waals surface area contributed by atoms with Crippen molar-refractivity contribution >= 4 is 38.9 Å². The fourth-order valence-electron chi connectivity index (χ4n) is 3.83. The van der Waals surface area contributed by atoms with Crippen molar-refractivity contribution in [2.45, 2.75) is 18.8 Å². The average Bonchev–Trinajstić information content (AvgIpc) is 3.39. The van der Waals surface area contributed by atoms with E-state index in [-0.39, 0.29) is 29.5 Å². The van der Waals surface area contributed by atoms with Gasteiger partial charge in [-0.3, -0.25) is 9.10 Å². The van der Waals surface area contributed by atoms with E-state index in [1.165, 1.54) is 12.1 Å². The minimum absolute atomic E-state index is 0.0343. The standard InChI is InChI=1S/C21H19ClFN3O4S/c22-20-18(9-17(10-19(20)23)26-3-1-5-31(26,28)29)21(27)25-16-7-13(11-24)6-15(8-16)14-2-4-30-12-14/h6-10,14H,1-5,12H2,(H,25,27). The Balaban J connectivity index is 1.66. The molecule has 10 heteroatoms. The Bertz CT molecular complexity index is 1190. The van der Waals surface area contributed by atoms with Gasteiger partial charge in [0.1, 0.15) is 5.82 Å². The van der Waals surface area contributed by atoms with Crippen LogP contribution in [0.2, 0.25) is 5.02 Å². The maximum Gasteiger partial charge on any atom is 0.257 e. The number of halogens is 2. The van der Waals surface area contributed by atoms with Gasteiger partial charge in [0.25, 0.3) is 5.91 Å². The lowest BCUT2D eigenvalue weighted by atomic mass is 9.96. The second-order valence-electron chi connectivity index (χ2n) is 7.50. The fraction of sp³-hybridized carbons (Fsp3) is 0.333. The number of nitrogens with one attached hydrogen (secondary N) is 1. The summed E-state index contributed by atoms with van der Waals surface area (Å²) in [6, 6.07) is 9.35. The van der Waals surface area contributed by atoms with Crippen LogP contribution in [-0.2, 0) is 14.8 Å². The molecule has 2 aromatic carbocycles. The molecule has 0 spiro atoms. The molecule has 2 aliphatic rings. The highest BCUT2D eigenvalue weighted by molar-refractivity contribution is 7.93. The van der Waals surface area contributed by atoms with E-state index in [1.807, 2.05) is 0 Å². The molecule has 2 aliphatic heterocycles. The van der Waals surface area contributed by atoms with Gasteiger partial charge in [0.15, 0.2) is 0 Å². The number of hydrogen-bond acceptors (Lipinski definition) is 5. The number of anilines is 2. The summed E-state index contributed by atoms with van der Waals surface area (Å²) in [6.07, 6.45) is 1.23.